The maximum atomic E-state index is 3.58. The zero-order chi connectivity index (χ0) is 10.3. The zero-order valence-corrected chi connectivity index (χ0v) is 9.93. The van der Waals surface area contributed by atoms with E-state index >= 15 is 0 Å². The Morgan fingerprint density at radius 3 is 1.20 bits per heavy atom. The minimum absolute atomic E-state index is 0.745. The van der Waals surface area contributed by atoms with Crippen molar-refractivity contribution < 1.29 is 0 Å². The topological polar surface area (TPSA) is 24.1 Å². The molecule has 0 unspecified atom stereocenters. The Morgan fingerprint density at radius 2 is 0.800 bits per heavy atom. The minimum Gasteiger partial charge on any atom is -0.255 e. The van der Waals surface area contributed by atoms with Crippen molar-refractivity contribution in [2.24, 2.45) is 0 Å². The van der Waals surface area contributed by atoms with Gasteiger partial charge in [-0.05, 0) is 25.7 Å². The average Bonchev–Trinajstić information content (AvgIpc) is 2.56. The van der Waals surface area contributed by atoms with Gasteiger partial charge in [0, 0.05) is 12.1 Å². The van der Waals surface area contributed by atoms with E-state index in [1.807, 2.05) is 0 Å². The Kier molecular flexibility index (Phi) is 4.94. The Morgan fingerprint density at radius 1 is 0.467 bits per heavy atom. The largest absolute Gasteiger partial charge is 0.255 e. The van der Waals surface area contributed by atoms with Crippen LogP contribution >= 0.6 is 0 Å². The van der Waals surface area contributed by atoms with Gasteiger partial charge in [0.05, 0.1) is 0 Å². The lowest BCUT2D eigenvalue weighted by Crippen LogP contribution is -2.47. The quantitative estimate of drug-likeness (QED) is 0.552. The van der Waals surface area contributed by atoms with Crippen LogP contribution in [0.4, 0.5) is 0 Å². The molecule has 2 aliphatic rings. The summed E-state index contributed by atoms with van der Waals surface area (Å²) in [4.78, 5) is 0. The maximum absolute atomic E-state index is 3.58. The van der Waals surface area contributed by atoms with Gasteiger partial charge in [0.15, 0.2) is 0 Å². The van der Waals surface area contributed by atoms with Crippen LogP contribution in [0.25, 0.3) is 0 Å². The fourth-order valence-electron chi connectivity index (χ4n) is 2.91. The Labute approximate surface area is 94.2 Å². The van der Waals surface area contributed by atoms with Gasteiger partial charge >= 0.3 is 0 Å². The highest BCUT2D eigenvalue weighted by Gasteiger charge is 2.15. The molecule has 2 nitrogen and oxygen atoms in total. The lowest BCUT2D eigenvalue weighted by molar-refractivity contribution is 0.295. The monoisotopic (exact) mass is 210 g/mol. The van der Waals surface area contributed by atoms with Gasteiger partial charge < -0.3 is 0 Å². The van der Waals surface area contributed by atoms with Crippen molar-refractivity contribution >= 4 is 0 Å². The second kappa shape index (κ2) is 6.49. The van der Waals surface area contributed by atoms with Gasteiger partial charge in [-0.15, -0.1) is 0 Å². The summed E-state index contributed by atoms with van der Waals surface area (Å²) in [5, 5.41) is 0. The first kappa shape index (κ1) is 11.4. The highest BCUT2D eigenvalue weighted by atomic mass is 15.4. The first-order valence-electron chi connectivity index (χ1n) is 6.96. The van der Waals surface area contributed by atoms with E-state index in [1.165, 1.54) is 70.6 Å². The van der Waals surface area contributed by atoms with E-state index in [0.717, 1.165) is 12.1 Å². The van der Waals surface area contributed by atoms with Crippen molar-refractivity contribution in [3.05, 3.63) is 0 Å². The molecule has 2 aliphatic carbocycles. The molecule has 15 heavy (non-hydrogen) atoms. The average molecular weight is 210 g/mol. The fraction of sp³-hybridized carbons (Fsp3) is 1.00. The predicted octanol–water partition coefficient (Wildman–Crippen LogP) is 3.14. The Balaban J connectivity index is 1.62. The summed E-state index contributed by atoms with van der Waals surface area (Å²) in [6.45, 7) is 0. The molecule has 0 aliphatic heterocycles. The summed E-state index contributed by atoms with van der Waals surface area (Å²) in [6.07, 6.45) is 15.5. The maximum Gasteiger partial charge on any atom is 0.0213 e. The SMILES string of the molecule is C1CCCC(NNC2CCCCC2)CC1. The van der Waals surface area contributed by atoms with Gasteiger partial charge in [0.25, 0.3) is 0 Å². The summed E-state index contributed by atoms with van der Waals surface area (Å²) in [5.41, 5.74) is 7.15. The van der Waals surface area contributed by atoms with Crippen molar-refractivity contribution in [2.75, 3.05) is 0 Å². The third kappa shape index (κ3) is 4.12. The Hall–Kier alpha value is -0.0800. The normalized spacial score (nSPS) is 26.4. The first-order valence-corrected chi connectivity index (χ1v) is 6.96. The molecule has 2 rings (SSSR count). The van der Waals surface area contributed by atoms with E-state index in [2.05, 4.69) is 10.9 Å². The minimum atomic E-state index is 0.745. The number of rotatable bonds is 3. The molecule has 0 bridgehead atoms. The van der Waals surface area contributed by atoms with Crippen LogP contribution in [0.1, 0.15) is 70.6 Å². The summed E-state index contributed by atoms with van der Waals surface area (Å²) >= 11 is 0. The van der Waals surface area contributed by atoms with Crippen molar-refractivity contribution in [3.8, 4) is 0 Å². The molecule has 2 fully saturated rings. The lowest BCUT2D eigenvalue weighted by atomic mass is 9.96. The molecule has 0 heterocycles. The molecule has 0 aromatic rings. The van der Waals surface area contributed by atoms with E-state index in [-0.39, 0.29) is 0 Å². The van der Waals surface area contributed by atoms with Crippen molar-refractivity contribution in [3.63, 3.8) is 0 Å². The molecule has 2 saturated carbocycles. The molecule has 0 atom stereocenters. The van der Waals surface area contributed by atoms with Gasteiger partial charge in [0.2, 0.25) is 0 Å². The lowest BCUT2D eigenvalue weighted by Gasteiger charge is -2.26. The molecule has 0 aromatic carbocycles. The Bertz CT molecular complexity index is 156. The fourth-order valence-corrected chi connectivity index (χ4v) is 2.91. The summed E-state index contributed by atoms with van der Waals surface area (Å²) in [5.74, 6) is 0. The van der Waals surface area contributed by atoms with Crippen LogP contribution < -0.4 is 10.9 Å². The van der Waals surface area contributed by atoms with Crippen LogP contribution in [0.2, 0.25) is 0 Å². The van der Waals surface area contributed by atoms with Crippen molar-refractivity contribution in [1.82, 2.24) is 10.9 Å². The van der Waals surface area contributed by atoms with Gasteiger partial charge in [-0.2, -0.15) is 0 Å². The number of nitrogens with one attached hydrogen (secondary N) is 2. The van der Waals surface area contributed by atoms with Crippen molar-refractivity contribution in [2.45, 2.75) is 82.7 Å². The van der Waals surface area contributed by atoms with Crippen molar-refractivity contribution in [1.29, 1.82) is 0 Å². The van der Waals surface area contributed by atoms with E-state index < -0.39 is 0 Å². The molecule has 2 N–H and O–H groups in total. The summed E-state index contributed by atoms with van der Waals surface area (Å²) in [6, 6.07) is 1.50. The van der Waals surface area contributed by atoms with Crippen LogP contribution in [0, 0.1) is 0 Å². The third-order valence-electron chi connectivity index (χ3n) is 3.95. The second-order valence-corrected chi connectivity index (χ2v) is 5.31. The molecular formula is C13H26N2. The smallest absolute Gasteiger partial charge is 0.0213 e. The molecule has 0 aromatic heterocycles. The third-order valence-corrected chi connectivity index (χ3v) is 3.95. The molecule has 0 saturated heterocycles. The van der Waals surface area contributed by atoms with E-state index in [0.29, 0.717) is 0 Å². The van der Waals surface area contributed by atoms with Crippen LogP contribution in [-0.2, 0) is 0 Å². The molecule has 0 spiro atoms. The molecule has 0 radical (unpaired) electrons. The summed E-state index contributed by atoms with van der Waals surface area (Å²) < 4.78 is 0. The highest BCUT2D eigenvalue weighted by molar-refractivity contribution is 4.73. The van der Waals surface area contributed by atoms with Gasteiger partial charge in [0.1, 0.15) is 0 Å². The summed E-state index contributed by atoms with van der Waals surface area (Å²) in [7, 11) is 0. The number of hydrazine groups is 1. The van der Waals surface area contributed by atoms with Gasteiger partial charge in [-0.3, -0.25) is 10.9 Å². The molecule has 0 amide bonds. The predicted molar refractivity (Wildman–Crippen MR) is 64.6 cm³/mol. The van der Waals surface area contributed by atoms with E-state index in [4.69, 9.17) is 0 Å². The number of hydrogen-bond donors (Lipinski definition) is 2. The van der Waals surface area contributed by atoms with Gasteiger partial charge in [-0.1, -0.05) is 44.9 Å². The van der Waals surface area contributed by atoms with E-state index in [9.17, 15) is 0 Å². The first-order chi connectivity index (χ1) is 7.45. The standard InChI is InChI=1S/C13H26N2/c1-2-5-9-12(8-4-1)14-15-13-10-6-3-7-11-13/h12-15H,1-11H2. The number of hydrogen-bond acceptors (Lipinski definition) is 2. The zero-order valence-electron chi connectivity index (χ0n) is 9.93. The molecule has 2 heteroatoms. The van der Waals surface area contributed by atoms with Crippen LogP contribution in [0.5, 0.6) is 0 Å². The second-order valence-electron chi connectivity index (χ2n) is 5.31. The van der Waals surface area contributed by atoms with Crippen LogP contribution in [0.15, 0.2) is 0 Å². The van der Waals surface area contributed by atoms with E-state index in [1.54, 1.807) is 0 Å². The molecular weight excluding hydrogens is 184 g/mol. The molecule has 88 valence electrons. The van der Waals surface area contributed by atoms with Gasteiger partial charge in [-0.25, -0.2) is 0 Å². The highest BCUT2D eigenvalue weighted by Crippen LogP contribution is 2.19. The van der Waals surface area contributed by atoms with Crippen LogP contribution in [0.3, 0.4) is 0 Å². The van der Waals surface area contributed by atoms with Crippen LogP contribution in [-0.4, -0.2) is 12.1 Å².